The predicted molar refractivity (Wildman–Crippen MR) is 120 cm³/mol. The molecule has 0 N–H and O–H groups in total. The Labute approximate surface area is 195 Å². The normalized spacial score (nSPS) is 26.6. The molecule has 4 atom stereocenters. The van der Waals surface area contributed by atoms with Gasteiger partial charge < -0.3 is 19.1 Å². The van der Waals surface area contributed by atoms with E-state index in [1.54, 1.807) is 17.9 Å². The van der Waals surface area contributed by atoms with Crippen molar-refractivity contribution in [1.82, 2.24) is 9.21 Å². The maximum Gasteiger partial charge on any atom is 0.325 e. The quantitative estimate of drug-likeness (QED) is 0.596. The molecule has 1 aromatic rings. The Morgan fingerprint density at radius 1 is 1.03 bits per heavy atom. The van der Waals surface area contributed by atoms with Crippen LogP contribution in [0.1, 0.15) is 52.9 Å². The van der Waals surface area contributed by atoms with E-state index in [0.29, 0.717) is 37.6 Å². The molecule has 2 fully saturated rings. The van der Waals surface area contributed by atoms with E-state index in [0.717, 1.165) is 19.3 Å². The third kappa shape index (κ3) is 4.68. The monoisotopic (exact) mass is 480 g/mol. The fourth-order valence-corrected chi connectivity index (χ4v) is 6.61. The van der Waals surface area contributed by atoms with Crippen molar-refractivity contribution in [1.29, 1.82) is 0 Å². The van der Waals surface area contributed by atoms with Crippen LogP contribution in [0.3, 0.4) is 0 Å². The molecule has 0 spiro atoms. The van der Waals surface area contributed by atoms with E-state index in [-0.39, 0.29) is 29.4 Å². The zero-order valence-corrected chi connectivity index (χ0v) is 20.2. The average molecular weight is 481 g/mol. The van der Waals surface area contributed by atoms with Crippen LogP contribution in [-0.4, -0.2) is 73.5 Å². The van der Waals surface area contributed by atoms with Crippen molar-refractivity contribution in [3.8, 4) is 11.5 Å². The van der Waals surface area contributed by atoms with Crippen molar-refractivity contribution in [3.63, 3.8) is 0 Å². The van der Waals surface area contributed by atoms with Crippen LogP contribution in [0.15, 0.2) is 23.1 Å². The lowest BCUT2D eigenvalue weighted by molar-refractivity contribution is -0.164. The van der Waals surface area contributed by atoms with Gasteiger partial charge in [-0.15, -0.1) is 0 Å². The Hall–Kier alpha value is -2.33. The van der Waals surface area contributed by atoms with Gasteiger partial charge in [0.15, 0.2) is 17.6 Å². The van der Waals surface area contributed by atoms with E-state index in [2.05, 4.69) is 0 Å². The minimum absolute atomic E-state index is 0.0338. The molecule has 0 unspecified atom stereocenters. The number of hydrogen-bond acceptors (Lipinski definition) is 7. The summed E-state index contributed by atoms with van der Waals surface area (Å²) in [6.45, 7) is 6.52. The highest BCUT2D eigenvalue weighted by Crippen LogP contribution is 2.35. The SMILES string of the molecule is C[C@H](OC(=O)[C@@H]1CCCN1S(=O)(=O)c1ccc2c(c1)OCCO2)C(=O)N1[C@@H](C)CCC[C@@H]1C. The van der Waals surface area contributed by atoms with E-state index in [1.165, 1.54) is 16.4 Å². The third-order valence-corrected chi connectivity index (χ3v) is 8.59. The molecular weight excluding hydrogens is 448 g/mol. The number of esters is 1. The number of rotatable bonds is 5. The first-order valence-electron chi connectivity index (χ1n) is 11.6. The summed E-state index contributed by atoms with van der Waals surface area (Å²) in [5.74, 6) is -0.0650. The summed E-state index contributed by atoms with van der Waals surface area (Å²) in [6.07, 6.45) is 2.81. The number of carbonyl (C=O) groups is 2. The first-order valence-corrected chi connectivity index (χ1v) is 13.1. The second kappa shape index (κ2) is 9.50. The van der Waals surface area contributed by atoms with E-state index in [1.807, 2.05) is 13.8 Å². The summed E-state index contributed by atoms with van der Waals surface area (Å²) in [4.78, 5) is 27.8. The molecule has 3 aliphatic rings. The first kappa shape index (κ1) is 23.8. The van der Waals surface area contributed by atoms with Crippen molar-refractivity contribution in [2.75, 3.05) is 19.8 Å². The summed E-state index contributed by atoms with van der Waals surface area (Å²) < 4.78 is 44.3. The average Bonchev–Trinajstić information content (AvgIpc) is 3.29. The van der Waals surface area contributed by atoms with Gasteiger partial charge in [0, 0.05) is 24.7 Å². The van der Waals surface area contributed by atoms with Crippen LogP contribution in [0.5, 0.6) is 11.5 Å². The summed E-state index contributed by atoms with van der Waals surface area (Å²) in [5, 5.41) is 0. The summed E-state index contributed by atoms with van der Waals surface area (Å²) in [6, 6.07) is 3.65. The van der Waals surface area contributed by atoms with Gasteiger partial charge >= 0.3 is 5.97 Å². The summed E-state index contributed by atoms with van der Waals surface area (Å²) in [7, 11) is -3.96. The summed E-state index contributed by atoms with van der Waals surface area (Å²) >= 11 is 0. The van der Waals surface area contributed by atoms with Gasteiger partial charge in [0.05, 0.1) is 4.90 Å². The van der Waals surface area contributed by atoms with Crippen molar-refractivity contribution in [2.24, 2.45) is 0 Å². The number of ether oxygens (including phenoxy) is 3. The molecule has 2 saturated heterocycles. The Kier molecular flexibility index (Phi) is 6.86. The molecule has 3 heterocycles. The third-order valence-electron chi connectivity index (χ3n) is 6.68. The highest BCUT2D eigenvalue weighted by Gasteiger charge is 2.42. The lowest BCUT2D eigenvalue weighted by atomic mass is 9.97. The number of nitrogens with zero attached hydrogens (tertiary/aromatic N) is 2. The number of sulfonamides is 1. The molecule has 33 heavy (non-hydrogen) atoms. The number of piperidine rings is 1. The van der Waals surface area contributed by atoms with E-state index < -0.39 is 28.1 Å². The lowest BCUT2D eigenvalue weighted by Crippen LogP contribution is -2.52. The molecule has 0 bridgehead atoms. The molecule has 0 radical (unpaired) electrons. The first-order chi connectivity index (χ1) is 15.7. The van der Waals surface area contributed by atoms with Crippen LogP contribution in [-0.2, 0) is 24.3 Å². The number of carbonyl (C=O) groups excluding carboxylic acids is 2. The minimum atomic E-state index is -3.96. The van der Waals surface area contributed by atoms with Crippen LogP contribution in [0.4, 0.5) is 0 Å². The Morgan fingerprint density at radius 3 is 2.39 bits per heavy atom. The van der Waals surface area contributed by atoms with Gasteiger partial charge in [-0.1, -0.05) is 0 Å². The van der Waals surface area contributed by atoms with Crippen LogP contribution in [0.2, 0.25) is 0 Å². The zero-order chi connectivity index (χ0) is 23.8. The maximum atomic E-state index is 13.3. The molecular formula is C23H32N2O7S. The molecule has 0 saturated carbocycles. The van der Waals surface area contributed by atoms with Crippen LogP contribution < -0.4 is 9.47 Å². The van der Waals surface area contributed by atoms with Gasteiger partial charge in [0.2, 0.25) is 10.0 Å². The van der Waals surface area contributed by atoms with Crippen molar-refractivity contribution in [3.05, 3.63) is 18.2 Å². The smallest absolute Gasteiger partial charge is 0.325 e. The van der Waals surface area contributed by atoms with Crippen LogP contribution >= 0.6 is 0 Å². The molecule has 0 aliphatic carbocycles. The topological polar surface area (TPSA) is 102 Å². The standard InChI is InChI=1S/C23H32N2O7S/c1-15-6-4-7-16(2)25(15)22(26)17(3)32-23(27)19-8-5-11-24(19)33(28,29)18-9-10-20-21(14-18)31-13-12-30-20/h9-10,14-17,19H,4-8,11-13H2,1-3H3/t15-,16-,17-,19-/m0/s1. The second-order valence-corrected chi connectivity index (χ2v) is 10.9. The largest absolute Gasteiger partial charge is 0.486 e. The highest BCUT2D eigenvalue weighted by atomic mass is 32.2. The van der Waals surface area contributed by atoms with Gasteiger partial charge in [-0.25, -0.2) is 8.42 Å². The number of amides is 1. The second-order valence-electron chi connectivity index (χ2n) is 9.03. The molecule has 1 aromatic carbocycles. The molecule has 9 nitrogen and oxygen atoms in total. The maximum absolute atomic E-state index is 13.3. The fourth-order valence-electron chi connectivity index (χ4n) is 4.95. The van der Waals surface area contributed by atoms with E-state index in [4.69, 9.17) is 14.2 Å². The molecule has 0 aromatic heterocycles. The van der Waals surface area contributed by atoms with Crippen molar-refractivity contribution in [2.45, 2.75) is 82.0 Å². The lowest BCUT2D eigenvalue weighted by Gasteiger charge is -2.40. The molecule has 10 heteroatoms. The fraction of sp³-hybridized carbons (Fsp3) is 0.652. The van der Waals surface area contributed by atoms with Crippen molar-refractivity contribution < 1.29 is 32.2 Å². The number of fused-ring (bicyclic) bond motifs is 1. The zero-order valence-electron chi connectivity index (χ0n) is 19.4. The predicted octanol–water partition coefficient (Wildman–Crippen LogP) is 2.33. The van der Waals surface area contributed by atoms with Gasteiger partial charge in [-0.3, -0.25) is 9.59 Å². The highest BCUT2D eigenvalue weighted by molar-refractivity contribution is 7.89. The molecule has 4 rings (SSSR count). The molecule has 3 aliphatic heterocycles. The van der Waals surface area contributed by atoms with Gasteiger partial charge in [-0.2, -0.15) is 4.31 Å². The Bertz CT molecular complexity index is 1000. The van der Waals surface area contributed by atoms with Gasteiger partial charge in [-0.05, 0) is 65.0 Å². The summed E-state index contributed by atoms with van der Waals surface area (Å²) in [5.41, 5.74) is 0. The Balaban J connectivity index is 1.47. The van der Waals surface area contributed by atoms with E-state index >= 15 is 0 Å². The van der Waals surface area contributed by atoms with Crippen LogP contribution in [0.25, 0.3) is 0 Å². The Morgan fingerprint density at radius 2 is 1.70 bits per heavy atom. The van der Waals surface area contributed by atoms with Crippen molar-refractivity contribution >= 4 is 21.9 Å². The number of benzene rings is 1. The van der Waals surface area contributed by atoms with Crippen LogP contribution in [0, 0.1) is 0 Å². The van der Waals surface area contributed by atoms with E-state index in [9.17, 15) is 18.0 Å². The van der Waals surface area contributed by atoms with Gasteiger partial charge in [0.1, 0.15) is 19.3 Å². The van der Waals surface area contributed by atoms with Gasteiger partial charge in [0.25, 0.3) is 5.91 Å². The number of hydrogen-bond donors (Lipinski definition) is 0. The minimum Gasteiger partial charge on any atom is -0.486 e. The molecule has 1 amide bonds. The molecule has 182 valence electrons. The number of likely N-dealkylation sites (tertiary alicyclic amines) is 1.